The van der Waals surface area contributed by atoms with Crippen LogP contribution in [0.3, 0.4) is 0 Å². The highest BCUT2D eigenvalue weighted by Crippen LogP contribution is 2.33. The van der Waals surface area contributed by atoms with E-state index < -0.39 is 10.9 Å². The van der Waals surface area contributed by atoms with E-state index in [0.29, 0.717) is 11.1 Å². The van der Waals surface area contributed by atoms with Gasteiger partial charge in [0.2, 0.25) is 0 Å². The molecular formula is C13H8ClNO4. The van der Waals surface area contributed by atoms with Crippen LogP contribution in [-0.4, -0.2) is 16.0 Å². The Labute approximate surface area is 113 Å². The second-order valence-corrected chi connectivity index (χ2v) is 4.18. The van der Waals surface area contributed by atoms with E-state index in [4.69, 9.17) is 16.7 Å². The fourth-order valence-corrected chi connectivity index (χ4v) is 2.02. The van der Waals surface area contributed by atoms with E-state index in [1.807, 2.05) is 0 Å². The van der Waals surface area contributed by atoms with Crippen LogP contribution in [0.1, 0.15) is 10.4 Å². The Balaban J connectivity index is 2.60. The third-order valence-corrected chi connectivity index (χ3v) is 2.92. The summed E-state index contributed by atoms with van der Waals surface area (Å²) in [5.74, 6) is -1.08. The summed E-state index contributed by atoms with van der Waals surface area (Å²) in [6.45, 7) is 0. The van der Waals surface area contributed by atoms with Gasteiger partial charge in [-0.15, -0.1) is 0 Å². The van der Waals surface area contributed by atoms with Gasteiger partial charge in [-0.25, -0.2) is 4.79 Å². The Morgan fingerprint density at radius 3 is 2.42 bits per heavy atom. The Kier molecular flexibility index (Phi) is 3.48. The Hall–Kier alpha value is -2.40. The van der Waals surface area contributed by atoms with Crippen LogP contribution >= 0.6 is 11.6 Å². The van der Waals surface area contributed by atoms with Crippen LogP contribution in [0.2, 0.25) is 5.02 Å². The van der Waals surface area contributed by atoms with Gasteiger partial charge in [-0.3, -0.25) is 10.1 Å². The molecule has 96 valence electrons. The third kappa shape index (κ3) is 2.56. The van der Waals surface area contributed by atoms with Crippen LogP contribution in [0.25, 0.3) is 11.1 Å². The molecule has 0 amide bonds. The Bertz CT molecular complexity index is 669. The predicted molar refractivity (Wildman–Crippen MR) is 70.5 cm³/mol. The van der Waals surface area contributed by atoms with Crippen molar-refractivity contribution in [3.8, 4) is 11.1 Å². The first-order valence-corrected chi connectivity index (χ1v) is 5.65. The zero-order valence-corrected chi connectivity index (χ0v) is 10.3. The average Bonchev–Trinajstić information content (AvgIpc) is 2.38. The summed E-state index contributed by atoms with van der Waals surface area (Å²) in [4.78, 5) is 21.2. The van der Waals surface area contributed by atoms with Gasteiger partial charge in [0.15, 0.2) is 0 Å². The molecule has 0 spiro atoms. The minimum absolute atomic E-state index is 0.0956. The number of hydrogen-bond donors (Lipinski definition) is 1. The lowest BCUT2D eigenvalue weighted by atomic mass is 9.99. The van der Waals surface area contributed by atoms with Gasteiger partial charge < -0.3 is 5.11 Å². The molecule has 19 heavy (non-hydrogen) atoms. The first-order valence-electron chi connectivity index (χ1n) is 5.27. The number of non-ortho nitro benzene ring substituents is 1. The topological polar surface area (TPSA) is 80.4 Å². The average molecular weight is 278 g/mol. The van der Waals surface area contributed by atoms with E-state index in [9.17, 15) is 14.9 Å². The number of carboxylic acid groups (broad SMARTS) is 1. The van der Waals surface area contributed by atoms with Crippen LogP contribution < -0.4 is 0 Å². The fraction of sp³-hybridized carbons (Fsp3) is 0. The molecule has 0 bridgehead atoms. The van der Waals surface area contributed by atoms with Crippen LogP contribution in [0, 0.1) is 10.1 Å². The van der Waals surface area contributed by atoms with Crippen molar-refractivity contribution in [2.24, 2.45) is 0 Å². The minimum atomic E-state index is -1.08. The van der Waals surface area contributed by atoms with Crippen molar-refractivity contribution in [1.82, 2.24) is 0 Å². The molecule has 0 aliphatic heterocycles. The van der Waals surface area contributed by atoms with E-state index in [-0.39, 0.29) is 16.3 Å². The standard InChI is InChI=1S/C13H8ClNO4/c14-12-7-8(15(18)19)5-6-10(12)9-3-1-2-4-11(9)13(16)17/h1-7H,(H,16,17). The number of halogens is 1. The van der Waals surface area contributed by atoms with Gasteiger partial charge in [-0.1, -0.05) is 29.8 Å². The molecule has 6 heteroatoms. The second-order valence-electron chi connectivity index (χ2n) is 3.77. The number of hydrogen-bond acceptors (Lipinski definition) is 3. The fourth-order valence-electron chi connectivity index (χ4n) is 1.74. The molecule has 0 saturated carbocycles. The highest BCUT2D eigenvalue weighted by molar-refractivity contribution is 6.33. The molecular weight excluding hydrogens is 270 g/mol. The smallest absolute Gasteiger partial charge is 0.336 e. The molecule has 0 saturated heterocycles. The van der Waals surface area contributed by atoms with Crippen LogP contribution in [0.5, 0.6) is 0 Å². The third-order valence-electron chi connectivity index (χ3n) is 2.61. The SMILES string of the molecule is O=C(O)c1ccccc1-c1ccc([N+](=O)[O-])cc1Cl. The van der Waals surface area contributed by atoms with Gasteiger partial charge in [0.25, 0.3) is 5.69 Å². The van der Waals surface area contributed by atoms with Crippen LogP contribution in [0.15, 0.2) is 42.5 Å². The lowest BCUT2D eigenvalue weighted by Gasteiger charge is -2.07. The van der Waals surface area contributed by atoms with Crippen LogP contribution in [0.4, 0.5) is 5.69 Å². The Morgan fingerprint density at radius 1 is 1.16 bits per heavy atom. The van der Waals surface area contributed by atoms with Crippen molar-refractivity contribution in [2.75, 3.05) is 0 Å². The molecule has 0 aromatic heterocycles. The number of nitro benzene ring substituents is 1. The van der Waals surface area contributed by atoms with E-state index in [2.05, 4.69) is 0 Å². The largest absolute Gasteiger partial charge is 0.478 e. The first-order chi connectivity index (χ1) is 9.00. The highest BCUT2D eigenvalue weighted by atomic mass is 35.5. The number of benzene rings is 2. The zero-order valence-electron chi connectivity index (χ0n) is 9.54. The number of nitro groups is 1. The normalized spacial score (nSPS) is 10.2. The molecule has 5 nitrogen and oxygen atoms in total. The summed E-state index contributed by atoms with van der Waals surface area (Å²) in [5.41, 5.74) is 0.833. The van der Waals surface area contributed by atoms with Crippen molar-refractivity contribution in [3.63, 3.8) is 0 Å². The minimum Gasteiger partial charge on any atom is -0.478 e. The van der Waals surface area contributed by atoms with Crippen molar-refractivity contribution < 1.29 is 14.8 Å². The van der Waals surface area contributed by atoms with Crippen LogP contribution in [-0.2, 0) is 0 Å². The maximum absolute atomic E-state index is 11.1. The molecule has 0 aliphatic rings. The molecule has 0 fully saturated rings. The molecule has 2 aromatic rings. The van der Waals surface area contributed by atoms with Crippen molar-refractivity contribution in [1.29, 1.82) is 0 Å². The lowest BCUT2D eigenvalue weighted by molar-refractivity contribution is -0.384. The summed E-state index contributed by atoms with van der Waals surface area (Å²) in [7, 11) is 0. The summed E-state index contributed by atoms with van der Waals surface area (Å²) < 4.78 is 0. The predicted octanol–water partition coefficient (Wildman–Crippen LogP) is 3.61. The monoisotopic (exact) mass is 277 g/mol. The zero-order chi connectivity index (χ0) is 14.0. The second kappa shape index (κ2) is 5.07. The molecule has 0 aliphatic carbocycles. The summed E-state index contributed by atoms with van der Waals surface area (Å²) >= 11 is 5.99. The van der Waals surface area contributed by atoms with E-state index in [1.54, 1.807) is 18.2 Å². The number of nitrogens with zero attached hydrogens (tertiary/aromatic N) is 1. The van der Waals surface area contributed by atoms with Crippen molar-refractivity contribution in [2.45, 2.75) is 0 Å². The van der Waals surface area contributed by atoms with Crippen molar-refractivity contribution in [3.05, 3.63) is 63.2 Å². The van der Waals surface area contributed by atoms with E-state index in [0.717, 1.165) is 0 Å². The summed E-state index contributed by atoms with van der Waals surface area (Å²) in [6.07, 6.45) is 0. The first kappa shape index (κ1) is 13.0. The maximum atomic E-state index is 11.1. The summed E-state index contributed by atoms with van der Waals surface area (Å²) in [5, 5.41) is 19.9. The number of aromatic carboxylic acids is 1. The molecule has 0 unspecified atom stereocenters. The van der Waals surface area contributed by atoms with Gasteiger partial charge in [0.05, 0.1) is 15.5 Å². The molecule has 0 heterocycles. The highest BCUT2D eigenvalue weighted by Gasteiger charge is 2.15. The van der Waals surface area contributed by atoms with Gasteiger partial charge in [-0.05, 0) is 17.7 Å². The quantitative estimate of drug-likeness (QED) is 0.686. The molecule has 2 aromatic carbocycles. The van der Waals surface area contributed by atoms with E-state index >= 15 is 0 Å². The number of carboxylic acids is 1. The lowest BCUT2D eigenvalue weighted by Crippen LogP contribution is -1.99. The molecule has 2 rings (SSSR count). The molecule has 1 N–H and O–H groups in total. The number of rotatable bonds is 3. The van der Waals surface area contributed by atoms with Crippen molar-refractivity contribution >= 4 is 23.3 Å². The van der Waals surface area contributed by atoms with Gasteiger partial charge in [0, 0.05) is 17.7 Å². The molecule has 0 radical (unpaired) electrons. The summed E-state index contributed by atoms with van der Waals surface area (Å²) in [6, 6.07) is 10.3. The maximum Gasteiger partial charge on any atom is 0.336 e. The Morgan fingerprint density at radius 2 is 1.84 bits per heavy atom. The van der Waals surface area contributed by atoms with Gasteiger partial charge >= 0.3 is 5.97 Å². The van der Waals surface area contributed by atoms with Gasteiger partial charge in [-0.2, -0.15) is 0 Å². The number of carbonyl (C=O) groups is 1. The van der Waals surface area contributed by atoms with E-state index in [1.165, 1.54) is 24.3 Å². The molecule has 0 atom stereocenters. The van der Waals surface area contributed by atoms with Gasteiger partial charge in [0.1, 0.15) is 0 Å².